The van der Waals surface area contributed by atoms with Crippen LogP contribution in [-0.4, -0.2) is 12.6 Å². The number of hydrogen-bond acceptors (Lipinski definition) is 2. The Morgan fingerprint density at radius 2 is 2.11 bits per heavy atom. The summed E-state index contributed by atoms with van der Waals surface area (Å²) < 4.78 is 0. The minimum atomic E-state index is 0.373. The lowest BCUT2D eigenvalue weighted by atomic mass is 9.78. The quantitative estimate of drug-likeness (QED) is 0.841. The molecule has 19 heavy (non-hydrogen) atoms. The molecule has 0 radical (unpaired) electrons. The molecular formula is C17H24N2. The van der Waals surface area contributed by atoms with Gasteiger partial charge < -0.3 is 10.6 Å². The van der Waals surface area contributed by atoms with Crippen molar-refractivity contribution in [3.05, 3.63) is 48.7 Å². The van der Waals surface area contributed by atoms with Crippen molar-refractivity contribution in [2.45, 2.75) is 26.8 Å². The topological polar surface area (TPSA) is 24.1 Å². The Labute approximate surface area is 116 Å². The number of nitrogens with one attached hydrogen (secondary N) is 2. The highest BCUT2D eigenvalue weighted by Gasteiger charge is 2.28. The maximum Gasteiger partial charge on any atom is 0.0459 e. The first-order valence-electron chi connectivity index (χ1n) is 6.96. The van der Waals surface area contributed by atoms with Crippen molar-refractivity contribution in [3.63, 3.8) is 0 Å². The molecular weight excluding hydrogens is 232 g/mol. The summed E-state index contributed by atoms with van der Waals surface area (Å²) in [6.07, 6.45) is 1.79. The molecule has 102 valence electrons. The summed E-state index contributed by atoms with van der Waals surface area (Å²) in [6.45, 7) is 15.7. The molecule has 1 aromatic carbocycles. The lowest BCUT2D eigenvalue weighted by molar-refractivity contribution is 0.359. The Morgan fingerprint density at radius 3 is 2.79 bits per heavy atom. The van der Waals surface area contributed by atoms with E-state index in [4.69, 9.17) is 0 Å². The van der Waals surface area contributed by atoms with Crippen LogP contribution in [0, 0.1) is 18.8 Å². The van der Waals surface area contributed by atoms with E-state index in [-0.39, 0.29) is 0 Å². The van der Waals surface area contributed by atoms with Gasteiger partial charge in [-0.05, 0) is 42.2 Å². The van der Waals surface area contributed by atoms with Gasteiger partial charge in [0.1, 0.15) is 0 Å². The van der Waals surface area contributed by atoms with E-state index in [1.54, 1.807) is 6.20 Å². The molecule has 1 aliphatic heterocycles. The second kappa shape index (κ2) is 5.52. The zero-order chi connectivity index (χ0) is 14.0. The third-order valence-corrected chi connectivity index (χ3v) is 4.41. The van der Waals surface area contributed by atoms with Crippen LogP contribution in [0.4, 0.5) is 5.69 Å². The second-order valence-corrected chi connectivity index (χ2v) is 5.53. The first-order chi connectivity index (χ1) is 9.06. The van der Waals surface area contributed by atoms with Crippen LogP contribution in [0.25, 0.3) is 5.57 Å². The van der Waals surface area contributed by atoms with Gasteiger partial charge in [-0.3, -0.25) is 0 Å². The third kappa shape index (κ3) is 2.53. The Kier molecular flexibility index (Phi) is 3.98. The molecule has 0 bridgehead atoms. The summed E-state index contributed by atoms with van der Waals surface area (Å²) >= 11 is 0. The predicted octanol–water partition coefficient (Wildman–Crippen LogP) is 3.81. The summed E-state index contributed by atoms with van der Waals surface area (Å²) in [5, 5.41) is 6.91. The summed E-state index contributed by atoms with van der Waals surface area (Å²) in [6, 6.07) is 6.77. The van der Waals surface area contributed by atoms with Crippen LogP contribution in [0.3, 0.4) is 0 Å². The number of benzene rings is 1. The van der Waals surface area contributed by atoms with E-state index in [0.717, 1.165) is 6.54 Å². The SMILES string of the molecule is C=CNC1CNc2cccc(C)c2C(=C)C(C)C1C. The third-order valence-electron chi connectivity index (χ3n) is 4.41. The van der Waals surface area contributed by atoms with Gasteiger partial charge in [-0.15, -0.1) is 0 Å². The van der Waals surface area contributed by atoms with Crippen molar-refractivity contribution < 1.29 is 0 Å². The standard InChI is InChI=1S/C17H24N2/c1-6-18-16-10-19-15-9-7-8-11(2)17(15)14(5)12(3)13(16)4/h6-9,12-13,16,18-19H,1,5,10H2,2-4H3. The molecule has 0 spiro atoms. The van der Waals surface area contributed by atoms with E-state index in [2.05, 4.69) is 62.8 Å². The summed E-state index contributed by atoms with van der Waals surface area (Å²) in [5.41, 5.74) is 5.01. The number of aryl methyl sites for hydroxylation is 1. The van der Waals surface area contributed by atoms with Crippen molar-refractivity contribution in [2.75, 3.05) is 11.9 Å². The lowest BCUT2D eigenvalue weighted by Gasteiger charge is -2.35. The molecule has 2 rings (SSSR count). The summed E-state index contributed by atoms with van der Waals surface area (Å²) in [7, 11) is 0. The molecule has 3 atom stereocenters. The Balaban J connectivity index is 2.43. The number of hydrogen-bond donors (Lipinski definition) is 2. The van der Waals surface area contributed by atoms with Gasteiger partial charge >= 0.3 is 0 Å². The number of allylic oxidation sites excluding steroid dienone is 1. The van der Waals surface area contributed by atoms with Crippen molar-refractivity contribution in [1.82, 2.24) is 5.32 Å². The average Bonchev–Trinajstić information content (AvgIpc) is 2.40. The molecule has 2 heteroatoms. The van der Waals surface area contributed by atoms with Gasteiger partial charge in [-0.2, -0.15) is 0 Å². The minimum Gasteiger partial charge on any atom is -0.387 e. The summed E-state index contributed by atoms with van der Waals surface area (Å²) in [5.74, 6) is 0.949. The second-order valence-electron chi connectivity index (χ2n) is 5.53. The molecule has 1 heterocycles. The van der Waals surface area contributed by atoms with Crippen LogP contribution >= 0.6 is 0 Å². The molecule has 0 amide bonds. The number of fused-ring (bicyclic) bond motifs is 1. The lowest BCUT2D eigenvalue weighted by Crippen LogP contribution is -2.41. The van der Waals surface area contributed by atoms with Gasteiger partial charge in [-0.1, -0.05) is 39.1 Å². The van der Waals surface area contributed by atoms with Crippen molar-refractivity contribution >= 4 is 11.3 Å². The molecule has 0 fully saturated rings. The summed E-state index contributed by atoms with van der Waals surface area (Å²) in [4.78, 5) is 0. The van der Waals surface area contributed by atoms with E-state index < -0.39 is 0 Å². The average molecular weight is 256 g/mol. The minimum absolute atomic E-state index is 0.373. The van der Waals surface area contributed by atoms with Crippen LogP contribution in [0.1, 0.15) is 25.0 Å². The van der Waals surface area contributed by atoms with E-state index in [9.17, 15) is 0 Å². The van der Waals surface area contributed by atoms with E-state index in [1.807, 2.05) is 0 Å². The van der Waals surface area contributed by atoms with Crippen LogP contribution in [0.2, 0.25) is 0 Å². The van der Waals surface area contributed by atoms with E-state index in [0.29, 0.717) is 17.9 Å². The van der Waals surface area contributed by atoms with Crippen molar-refractivity contribution in [1.29, 1.82) is 0 Å². The van der Waals surface area contributed by atoms with Crippen LogP contribution < -0.4 is 10.6 Å². The Bertz CT molecular complexity index is 490. The first-order valence-corrected chi connectivity index (χ1v) is 6.96. The molecule has 0 aliphatic carbocycles. The van der Waals surface area contributed by atoms with Crippen LogP contribution in [0.5, 0.6) is 0 Å². The first kappa shape index (κ1) is 13.7. The molecule has 1 aliphatic rings. The number of rotatable bonds is 2. The molecule has 0 aromatic heterocycles. The van der Waals surface area contributed by atoms with Gasteiger partial charge in [0.25, 0.3) is 0 Å². The zero-order valence-electron chi connectivity index (χ0n) is 12.2. The van der Waals surface area contributed by atoms with Gasteiger partial charge in [0.15, 0.2) is 0 Å². The largest absolute Gasteiger partial charge is 0.387 e. The maximum atomic E-state index is 4.35. The molecule has 0 saturated carbocycles. The molecule has 1 aromatic rings. The smallest absolute Gasteiger partial charge is 0.0459 e. The number of anilines is 1. The van der Waals surface area contributed by atoms with Gasteiger partial charge in [0.2, 0.25) is 0 Å². The monoisotopic (exact) mass is 256 g/mol. The Hall–Kier alpha value is -1.70. The highest BCUT2D eigenvalue weighted by Crippen LogP contribution is 2.37. The van der Waals surface area contributed by atoms with Crippen LogP contribution in [0.15, 0.2) is 37.6 Å². The van der Waals surface area contributed by atoms with Crippen molar-refractivity contribution in [3.8, 4) is 0 Å². The van der Waals surface area contributed by atoms with Gasteiger partial charge in [0, 0.05) is 23.8 Å². The van der Waals surface area contributed by atoms with Gasteiger partial charge in [0.05, 0.1) is 0 Å². The Morgan fingerprint density at radius 1 is 1.37 bits per heavy atom. The molecule has 0 saturated heterocycles. The van der Waals surface area contributed by atoms with E-state index >= 15 is 0 Å². The molecule has 2 nitrogen and oxygen atoms in total. The van der Waals surface area contributed by atoms with Crippen molar-refractivity contribution in [2.24, 2.45) is 11.8 Å². The maximum absolute atomic E-state index is 4.35. The normalized spacial score (nSPS) is 26.7. The molecule has 2 N–H and O–H groups in total. The predicted molar refractivity (Wildman–Crippen MR) is 84.2 cm³/mol. The van der Waals surface area contributed by atoms with E-state index in [1.165, 1.54) is 22.4 Å². The fourth-order valence-electron chi connectivity index (χ4n) is 2.90. The zero-order valence-corrected chi connectivity index (χ0v) is 12.2. The van der Waals surface area contributed by atoms with Gasteiger partial charge in [-0.25, -0.2) is 0 Å². The highest BCUT2D eigenvalue weighted by atomic mass is 15.0. The van der Waals surface area contributed by atoms with Crippen LogP contribution in [-0.2, 0) is 0 Å². The fourth-order valence-corrected chi connectivity index (χ4v) is 2.90. The highest BCUT2D eigenvalue weighted by molar-refractivity contribution is 5.79. The molecule has 3 unspecified atom stereocenters. The fraction of sp³-hybridized carbons (Fsp3) is 0.412.